The van der Waals surface area contributed by atoms with Crippen molar-refractivity contribution in [2.75, 3.05) is 19.6 Å². The zero-order chi connectivity index (χ0) is 15.7. The maximum Gasteiger partial charge on any atom is 0.243 e. The van der Waals surface area contributed by atoms with Gasteiger partial charge in [0.25, 0.3) is 0 Å². The Bertz CT molecular complexity index is 784. The molecule has 1 aromatic carbocycles. The van der Waals surface area contributed by atoms with Gasteiger partial charge in [0.2, 0.25) is 10.0 Å². The van der Waals surface area contributed by atoms with E-state index in [1.807, 2.05) is 19.9 Å². The summed E-state index contributed by atoms with van der Waals surface area (Å²) in [6.07, 6.45) is 4.26. The van der Waals surface area contributed by atoms with Crippen molar-refractivity contribution in [2.45, 2.75) is 31.2 Å². The number of aromatic nitrogens is 1. The van der Waals surface area contributed by atoms with Crippen LogP contribution in [0.25, 0.3) is 10.8 Å². The summed E-state index contributed by atoms with van der Waals surface area (Å²) in [6.45, 7) is 5.84. The summed E-state index contributed by atoms with van der Waals surface area (Å²) in [5.41, 5.74) is 0.887. The van der Waals surface area contributed by atoms with Gasteiger partial charge in [-0.05, 0) is 38.4 Å². The van der Waals surface area contributed by atoms with Crippen molar-refractivity contribution in [1.82, 2.24) is 14.6 Å². The lowest BCUT2D eigenvalue weighted by Gasteiger charge is -2.23. The average molecular weight is 319 g/mol. The summed E-state index contributed by atoms with van der Waals surface area (Å²) < 4.78 is 27.9. The number of nitrogens with one attached hydrogen (secondary N) is 1. The van der Waals surface area contributed by atoms with Gasteiger partial charge in [0.15, 0.2) is 0 Å². The Morgan fingerprint density at radius 3 is 2.95 bits per heavy atom. The molecular weight excluding hydrogens is 298 g/mol. The Balaban J connectivity index is 2.13. The number of sulfonamides is 1. The standard InChI is InChI=1S/C16H21N3O2S/c1-12-9-17-10-14-5-3-6-15(16(12)14)22(20,21)19-8-4-7-18-13(2)11-19/h3,5-6,9-10,13,18H,4,7-8,11H2,1-2H3. The number of pyridine rings is 1. The summed E-state index contributed by atoms with van der Waals surface area (Å²) >= 11 is 0. The van der Waals surface area contributed by atoms with Gasteiger partial charge in [0, 0.05) is 42.3 Å². The van der Waals surface area contributed by atoms with E-state index in [2.05, 4.69) is 10.3 Å². The SMILES string of the molecule is Cc1cncc2cccc(S(=O)(=O)N3CCCNC(C)C3)c12. The monoisotopic (exact) mass is 319 g/mol. The van der Waals surface area contributed by atoms with Gasteiger partial charge in [-0.3, -0.25) is 4.98 Å². The zero-order valence-electron chi connectivity index (χ0n) is 12.9. The number of aryl methyl sites for hydroxylation is 1. The Kier molecular flexibility index (Phi) is 4.16. The van der Waals surface area contributed by atoms with Crippen LogP contribution in [0.4, 0.5) is 0 Å². The van der Waals surface area contributed by atoms with E-state index in [-0.39, 0.29) is 6.04 Å². The van der Waals surface area contributed by atoms with E-state index >= 15 is 0 Å². The van der Waals surface area contributed by atoms with E-state index in [0.29, 0.717) is 18.0 Å². The second-order valence-electron chi connectivity index (χ2n) is 5.88. The third kappa shape index (κ3) is 2.74. The van der Waals surface area contributed by atoms with Gasteiger partial charge in [0.05, 0.1) is 4.90 Å². The quantitative estimate of drug-likeness (QED) is 0.918. The molecule has 1 fully saturated rings. The molecule has 0 spiro atoms. The van der Waals surface area contributed by atoms with Gasteiger partial charge in [-0.15, -0.1) is 0 Å². The van der Waals surface area contributed by atoms with Crippen LogP contribution in [0.3, 0.4) is 0 Å². The minimum atomic E-state index is -3.50. The molecule has 22 heavy (non-hydrogen) atoms. The topological polar surface area (TPSA) is 62.3 Å². The molecule has 5 nitrogen and oxygen atoms in total. The van der Waals surface area contributed by atoms with E-state index < -0.39 is 10.0 Å². The minimum absolute atomic E-state index is 0.162. The molecule has 0 amide bonds. The van der Waals surface area contributed by atoms with Crippen molar-refractivity contribution >= 4 is 20.8 Å². The second-order valence-corrected chi connectivity index (χ2v) is 7.79. The van der Waals surface area contributed by atoms with Gasteiger partial charge in [-0.25, -0.2) is 8.42 Å². The predicted octanol–water partition coefficient (Wildman–Crippen LogP) is 1.92. The van der Waals surface area contributed by atoms with E-state index in [9.17, 15) is 8.42 Å². The molecule has 1 aromatic heterocycles. The largest absolute Gasteiger partial charge is 0.313 e. The molecular formula is C16H21N3O2S. The summed E-state index contributed by atoms with van der Waals surface area (Å²) in [6, 6.07) is 5.56. The third-order valence-corrected chi connectivity index (χ3v) is 6.01. The maximum absolute atomic E-state index is 13.1. The Labute approximate surface area is 131 Å². The number of fused-ring (bicyclic) bond motifs is 1. The molecule has 0 saturated carbocycles. The molecule has 6 heteroatoms. The summed E-state index contributed by atoms with van der Waals surface area (Å²) in [5.74, 6) is 0. The van der Waals surface area contributed by atoms with Crippen LogP contribution >= 0.6 is 0 Å². The fraction of sp³-hybridized carbons (Fsp3) is 0.438. The lowest BCUT2D eigenvalue weighted by molar-refractivity contribution is 0.404. The fourth-order valence-corrected chi connectivity index (χ4v) is 4.86. The molecule has 1 N–H and O–H groups in total. The van der Waals surface area contributed by atoms with Crippen LogP contribution in [0, 0.1) is 6.92 Å². The van der Waals surface area contributed by atoms with Crippen LogP contribution in [0.2, 0.25) is 0 Å². The molecule has 1 aliphatic rings. The summed E-state index contributed by atoms with van der Waals surface area (Å²) in [7, 11) is -3.50. The van der Waals surface area contributed by atoms with E-state index in [4.69, 9.17) is 0 Å². The van der Waals surface area contributed by atoms with Crippen LogP contribution in [0.5, 0.6) is 0 Å². The number of hydrogen-bond acceptors (Lipinski definition) is 4. The first kappa shape index (κ1) is 15.4. The highest BCUT2D eigenvalue weighted by Crippen LogP contribution is 2.28. The van der Waals surface area contributed by atoms with Crippen molar-refractivity contribution in [3.63, 3.8) is 0 Å². The first-order chi connectivity index (χ1) is 10.5. The van der Waals surface area contributed by atoms with Crippen molar-refractivity contribution in [1.29, 1.82) is 0 Å². The summed E-state index contributed by atoms with van der Waals surface area (Å²) in [5, 5.41) is 4.97. The Hall–Kier alpha value is -1.50. The number of nitrogens with zero attached hydrogens (tertiary/aromatic N) is 2. The maximum atomic E-state index is 13.1. The van der Waals surface area contributed by atoms with Gasteiger partial charge >= 0.3 is 0 Å². The van der Waals surface area contributed by atoms with Crippen molar-refractivity contribution in [3.05, 3.63) is 36.2 Å². The number of benzene rings is 1. The molecule has 1 aliphatic heterocycles. The molecule has 0 bridgehead atoms. The molecule has 2 aromatic rings. The number of hydrogen-bond donors (Lipinski definition) is 1. The highest BCUT2D eigenvalue weighted by molar-refractivity contribution is 7.89. The molecule has 3 rings (SSSR count). The van der Waals surface area contributed by atoms with Crippen LogP contribution < -0.4 is 5.32 Å². The van der Waals surface area contributed by atoms with Crippen LogP contribution in [0.15, 0.2) is 35.5 Å². The van der Waals surface area contributed by atoms with Gasteiger partial charge in [-0.1, -0.05) is 12.1 Å². The molecule has 1 saturated heterocycles. The van der Waals surface area contributed by atoms with Crippen molar-refractivity contribution in [3.8, 4) is 0 Å². The highest BCUT2D eigenvalue weighted by Gasteiger charge is 2.29. The van der Waals surface area contributed by atoms with Crippen LogP contribution in [-0.2, 0) is 10.0 Å². The van der Waals surface area contributed by atoms with Crippen LogP contribution in [0.1, 0.15) is 18.9 Å². The van der Waals surface area contributed by atoms with E-state index in [1.165, 1.54) is 0 Å². The number of rotatable bonds is 2. The normalized spacial score (nSPS) is 20.9. The molecule has 1 atom stereocenters. The van der Waals surface area contributed by atoms with E-state index in [1.54, 1.807) is 28.8 Å². The predicted molar refractivity (Wildman–Crippen MR) is 87.3 cm³/mol. The molecule has 0 aliphatic carbocycles. The molecule has 0 radical (unpaired) electrons. The highest BCUT2D eigenvalue weighted by atomic mass is 32.2. The fourth-order valence-electron chi connectivity index (χ4n) is 3.01. The first-order valence-corrected chi connectivity index (χ1v) is 9.01. The van der Waals surface area contributed by atoms with Gasteiger partial charge < -0.3 is 5.32 Å². The van der Waals surface area contributed by atoms with Crippen molar-refractivity contribution < 1.29 is 8.42 Å². The first-order valence-electron chi connectivity index (χ1n) is 7.57. The smallest absolute Gasteiger partial charge is 0.243 e. The lowest BCUT2D eigenvalue weighted by atomic mass is 10.1. The second kappa shape index (κ2) is 5.95. The van der Waals surface area contributed by atoms with Crippen molar-refractivity contribution in [2.24, 2.45) is 0 Å². The summed E-state index contributed by atoms with van der Waals surface area (Å²) in [4.78, 5) is 4.54. The third-order valence-electron chi connectivity index (χ3n) is 4.11. The Morgan fingerprint density at radius 1 is 1.32 bits per heavy atom. The van der Waals surface area contributed by atoms with Gasteiger partial charge in [-0.2, -0.15) is 4.31 Å². The van der Waals surface area contributed by atoms with Gasteiger partial charge in [0.1, 0.15) is 0 Å². The molecule has 118 valence electrons. The molecule has 1 unspecified atom stereocenters. The molecule has 2 heterocycles. The van der Waals surface area contributed by atoms with Crippen LogP contribution in [-0.4, -0.2) is 43.4 Å². The zero-order valence-corrected chi connectivity index (χ0v) is 13.7. The lowest BCUT2D eigenvalue weighted by Crippen LogP contribution is -2.39. The Morgan fingerprint density at radius 2 is 2.14 bits per heavy atom. The average Bonchev–Trinajstić information content (AvgIpc) is 2.72. The minimum Gasteiger partial charge on any atom is -0.313 e. The van der Waals surface area contributed by atoms with E-state index in [0.717, 1.165) is 29.3 Å².